The minimum absolute atomic E-state index is 0.732. The van der Waals surface area contributed by atoms with E-state index in [0.29, 0.717) is 0 Å². The van der Waals surface area contributed by atoms with E-state index in [4.69, 9.17) is 0 Å². The molecule has 0 bridgehead atoms. The second-order valence-electron chi connectivity index (χ2n) is 2.97. The van der Waals surface area contributed by atoms with E-state index in [1.54, 1.807) is 0 Å². The monoisotopic (exact) mass is 328 g/mol. The highest BCUT2D eigenvalue weighted by molar-refractivity contribution is 7.87. The SMILES string of the molecule is O=[N+]([O-])c1ccccc1S(=O)(=O)OOS(=O)(=O)[N+](=O)[O-]. The van der Waals surface area contributed by atoms with Gasteiger partial charge < -0.3 is 0 Å². The highest BCUT2D eigenvalue weighted by atomic mass is 32.2. The van der Waals surface area contributed by atoms with Crippen LogP contribution in [0.2, 0.25) is 0 Å². The first-order chi connectivity index (χ1) is 9.08. The van der Waals surface area contributed by atoms with Crippen LogP contribution in [0.15, 0.2) is 29.2 Å². The zero-order chi connectivity index (χ0) is 15.6. The third-order valence-electron chi connectivity index (χ3n) is 1.72. The smallest absolute Gasteiger partial charge is 0.258 e. The van der Waals surface area contributed by atoms with Crippen LogP contribution in [0.5, 0.6) is 0 Å². The molecule has 20 heavy (non-hydrogen) atoms. The van der Waals surface area contributed by atoms with E-state index in [1.165, 1.54) is 0 Å². The van der Waals surface area contributed by atoms with Gasteiger partial charge in [0.2, 0.25) is 0 Å². The number of nitro groups is 2. The number of hydrogen-bond donors (Lipinski definition) is 0. The Morgan fingerprint density at radius 1 is 0.950 bits per heavy atom. The molecule has 0 atom stereocenters. The molecule has 0 N–H and O–H groups in total. The van der Waals surface area contributed by atoms with Gasteiger partial charge in [-0.2, -0.15) is 8.42 Å². The molecule has 0 unspecified atom stereocenters. The molecule has 12 nitrogen and oxygen atoms in total. The predicted molar refractivity (Wildman–Crippen MR) is 58.4 cm³/mol. The van der Waals surface area contributed by atoms with Crippen LogP contribution in [-0.4, -0.2) is 26.1 Å². The Kier molecular flexibility index (Phi) is 4.33. The lowest BCUT2D eigenvalue weighted by molar-refractivity contribution is -0.388. The van der Waals surface area contributed by atoms with E-state index in [-0.39, 0.29) is 0 Å². The van der Waals surface area contributed by atoms with Gasteiger partial charge in [-0.3, -0.25) is 10.1 Å². The fourth-order valence-corrected chi connectivity index (χ4v) is 2.29. The van der Waals surface area contributed by atoms with Gasteiger partial charge in [0.05, 0.1) is 4.92 Å². The topological polar surface area (TPSA) is 173 Å². The van der Waals surface area contributed by atoms with Gasteiger partial charge in [0.15, 0.2) is 9.22 Å². The van der Waals surface area contributed by atoms with Crippen molar-refractivity contribution in [2.24, 2.45) is 0 Å². The van der Waals surface area contributed by atoms with E-state index in [9.17, 15) is 37.1 Å². The van der Waals surface area contributed by atoms with Crippen molar-refractivity contribution in [2.75, 3.05) is 0 Å². The maximum atomic E-state index is 11.5. The number of nitrogens with zero attached hydrogens (tertiary/aromatic N) is 2. The lowest BCUT2D eigenvalue weighted by Gasteiger charge is -2.02. The van der Waals surface area contributed by atoms with Crippen molar-refractivity contribution >= 4 is 26.1 Å². The molecular weight excluding hydrogens is 324 g/mol. The minimum Gasteiger partial charge on any atom is -0.258 e. The highest BCUT2D eigenvalue weighted by Crippen LogP contribution is 2.25. The fourth-order valence-electron chi connectivity index (χ4n) is 0.953. The third-order valence-corrected chi connectivity index (χ3v) is 3.54. The molecule has 1 rings (SSSR count). The molecular formula is C6H4N2O10S2. The van der Waals surface area contributed by atoms with Crippen LogP contribution in [0.3, 0.4) is 0 Å². The Morgan fingerprint density at radius 2 is 1.50 bits per heavy atom. The number of benzene rings is 1. The maximum absolute atomic E-state index is 11.5. The first-order valence-electron chi connectivity index (χ1n) is 4.33. The van der Waals surface area contributed by atoms with Gasteiger partial charge in [0, 0.05) is 6.07 Å². The minimum atomic E-state index is -5.52. The molecule has 0 spiro atoms. The molecule has 0 fully saturated rings. The summed E-state index contributed by atoms with van der Waals surface area (Å²) in [6, 6.07) is 3.77. The summed E-state index contributed by atoms with van der Waals surface area (Å²) in [7, 11) is -10.6. The molecule has 1 aromatic rings. The lowest BCUT2D eigenvalue weighted by atomic mass is 10.3. The van der Waals surface area contributed by atoms with Gasteiger partial charge in [-0.1, -0.05) is 16.5 Å². The van der Waals surface area contributed by atoms with Crippen LogP contribution < -0.4 is 0 Å². The molecule has 110 valence electrons. The number of hydrogen-bond acceptors (Lipinski definition) is 10. The summed E-state index contributed by atoms with van der Waals surface area (Å²) in [4.78, 5) is 18.5. The van der Waals surface area contributed by atoms with Gasteiger partial charge in [-0.25, -0.2) is 10.1 Å². The van der Waals surface area contributed by atoms with Crippen LogP contribution in [-0.2, 0) is 29.1 Å². The van der Waals surface area contributed by atoms with Gasteiger partial charge in [-0.05, 0) is 10.4 Å². The Hall–Kier alpha value is -2.16. The van der Waals surface area contributed by atoms with Crippen molar-refractivity contribution in [1.82, 2.24) is 0 Å². The first kappa shape index (κ1) is 15.9. The summed E-state index contributed by atoms with van der Waals surface area (Å²) >= 11 is 0. The second-order valence-corrected chi connectivity index (χ2v) is 5.74. The average molecular weight is 328 g/mol. The van der Waals surface area contributed by atoms with Crippen LogP contribution in [0, 0.1) is 20.2 Å². The molecule has 0 radical (unpaired) electrons. The summed E-state index contributed by atoms with van der Waals surface area (Å²) < 4.78 is 48.9. The Balaban J connectivity index is 3.14. The van der Waals surface area contributed by atoms with E-state index in [1.807, 2.05) is 0 Å². The maximum Gasteiger partial charge on any atom is 0.595 e. The van der Waals surface area contributed by atoms with E-state index >= 15 is 0 Å². The number of nitro benzene ring substituents is 1. The van der Waals surface area contributed by atoms with E-state index < -0.39 is 40.3 Å². The molecule has 0 amide bonds. The van der Waals surface area contributed by atoms with Crippen molar-refractivity contribution in [3.05, 3.63) is 44.5 Å². The highest BCUT2D eigenvalue weighted by Gasteiger charge is 2.34. The normalized spacial score (nSPS) is 12.0. The summed E-state index contributed by atoms with van der Waals surface area (Å²) in [6.45, 7) is 0. The van der Waals surface area contributed by atoms with E-state index in [2.05, 4.69) is 8.67 Å². The molecule has 0 aromatic heterocycles. The van der Waals surface area contributed by atoms with Crippen LogP contribution >= 0.6 is 0 Å². The quantitative estimate of drug-likeness (QED) is 0.385. The largest absolute Gasteiger partial charge is 0.595 e. The van der Waals surface area contributed by atoms with Gasteiger partial charge in [0.1, 0.15) is 0 Å². The van der Waals surface area contributed by atoms with Crippen molar-refractivity contribution in [3.8, 4) is 0 Å². The molecule has 0 aliphatic rings. The average Bonchev–Trinajstić information content (AvgIpc) is 2.36. The van der Waals surface area contributed by atoms with Crippen LogP contribution in [0.25, 0.3) is 0 Å². The Labute approximate surface area is 111 Å². The zero-order valence-corrected chi connectivity index (χ0v) is 10.7. The number of rotatable bonds is 6. The summed E-state index contributed by atoms with van der Waals surface area (Å²) in [5.74, 6) is 0. The van der Waals surface area contributed by atoms with Crippen molar-refractivity contribution in [1.29, 1.82) is 0 Å². The Morgan fingerprint density at radius 3 is 2.00 bits per heavy atom. The molecule has 1 aromatic carbocycles. The summed E-state index contributed by atoms with van der Waals surface area (Å²) in [6.07, 6.45) is 0. The predicted octanol–water partition coefficient (Wildman–Crippen LogP) is -0.247. The molecule has 0 aliphatic heterocycles. The standard InChI is InChI=1S/C6H4N2O10S2/c9-7(10)5-3-1-2-4-6(5)19(13,14)17-18-20(15,16)8(11)12/h1-4H. The molecule has 0 heterocycles. The lowest BCUT2D eigenvalue weighted by Crippen LogP contribution is -2.19. The molecule has 0 saturated heterocycles. The van der Waals surface area contributed by atoms with Gasteiger partial charge in [0.25, 0.3) is 5.69 Å². The van der Waals surface area contributed by atoms with E-state index in [0.717, 1.165) is 24.3 Å². The van der Waals surface area contributed by atoms with Crippen molar-refractivity contribution in [3.63, 3.8) is 0 Å². The molecule has 0 saturated carbocycles. The van der Waals surface area contributed by atoms with Crippen molar-refractivity contribution < 1.29 is 34.8 Å². The Bertz CT molecular complexity index is 752. The zero-order valence-electron chi connectivity index (χ0n) is 9.10. The van der Waals surface area contributed by atoms with Crippen molar-refractivity contribution in [2.45, 2.75) is 4.90 Å². The summed E-state index contributed by atoms with van der Waals surface area (Å²) in [5.41, 5.74) is -0.922. The molecule has 0 aliphatic carbocycles. The molecule has 14 heteroatoms. The summed E-state index contributed by atoms with van der Waals surface area (Å²) in [5, 5.41) is 20.6. The second kappa shape index (κ2) is 5.45. The van der Waals surface area contributed by atoms with Crippen LogP contribution in [0.1, 0.15) is 0 Å². The van der Waals surface area contributed by atoms with Gasteiger partial charge >= 0.3 is 20.4 Å². The van der Waals surface area contributed by atoms with Gasteiger partial charge in [-0.15, -0.1) is 8.42 Å². The third kappa shape index (κ3) is 3.44. The first-order valence-corrected chi connectivity index (χ1v) is 7.11. The number of para-hydroxylation sites is 1. The fraction of sp³-hybridized carbons (Fsp3) is 0. The van der Waals surface area contributed by atoms with Crippen LogP contribution in [0.4, 0.5) is 5.69 Å².